The lowest BCUT2D eigenvalue weighted by Crippen LogP contribution is -2.58. The van der Waals surface area contributed by atoms with Gasteiger partial charge in [-0.15, -0.1) is 0 Å². The second-order valence-corrected chi connectivity index (χ2v) is 6.49. The molecule has 6 nitrogen and oxygen atoms in total. The Morgan fingerprint density at radius 1 is 1.23 bits per heavy atom. The lowest BCUT2D eigenvalue weighted by atomic mass is 9.87. The number of guanidine groups is 2. The number of halogens is 1. The lowest BCUT2D eigenvalue weighted by molar-refractivity contribution is 0.305. The van der Waals surface area contributed by atoms with Crippen LogP contribution in [0.1, 0.15) is 32.1 Å². The normalized spacial score (nSPS) is 20.5. The van der Waals surface area contributed by atoms with E-state index in [-0.39, 0.29) is 5.96 Å². The molecule has 1 spiro atoms. The van der Waals surface area contributed by atoms with Gasteiger partial charge in [-0.05, 0) is 59.8 Å². The van der Waals surface area contributed by atoms with Crippen molar-refractivity contribution >= 4 is 33.5 Å². The zero-order valence-corrected chi connectivity index (χ0v) is 14.1. The number of nitrogens with zero attached hydrogens (tertiary/aromatic N) is 3. The lowest BCUT2D eigenvalue weighted by Gasteiger charge is -2.45. The Balaban J connectivity index is 2.08. The van der Waals surface area contributed by atoms with E-state index in [2.05, 4.69) is 25.9 Å². The fourth-order valence-corrected chi connectivity index (χ4v) is 3.80. The van der Waals surface area contributed by atoms with Crippen molar-refractivity contribution in [2.75, 3.05) is 12.0 Å². The predicted molar refractivity (Wildman–Crippen MR) is 92.2 cm³/mol. The number of hydrogen-bond acceptors (Lipinski definition) is 6. The maximum Gasteiger partial charge on any atom is 0.220 e. The van der Waals surface area contributed by atoms with E-state index in [0.717, 1.165) is 41.6 Å². The van der Waals surface area contributed by atoms with Crippen LogP contribution in [0.15, 0.2) is 32.7 Å². The highest BCUT2D eigenvalue weighted by molar-refractivity contribution is 9.10. The molecule has 1 aromatic rings. The third-order valence-corrected chi connectivity index (χ3v) is 4.88. The molecule has 22 heavy (non-hydrogen) atoms. The molecule has 1 heterocycles. The second-order valence-electron chi connectivity index (χ2n) is 5.64. The number of hydrogen-bond donors (Lipinski definition) is 2. The Kier molecular flexibility index (Phi) is 3.99. The van der Waals surface area contributed by atoms with Crippen molar-refractivity contribution in [1.29, 1.82) is 0 Å². The molecule has 1 aliphatic carbocycles. The summed E-state index contributed by atoms with van der Waals surface area (Å²) in [5, 5.41) is 0. The number of nitrogens with two attached hydrogens (primary N) is 2. The van der Waals surface area contributed by atoms with E-state index in [4.69, 9.17) is 16.2 Å². The molecule has 3 rings (SSSR count). The van der Waals surface area contributed by atoms with Crippen LogP contribution in [0.5, 0.6) is 5.75 Å². The Labute approximate surface area is 138 Å². The Morgan fingerprint density at radius 2 is 1.95 bits per heavy atom. The smallest absolute Gasteiger partial charge is 0.220 e. The standard InChI is InChI=1S/C15H20BrN5O/c1-22-10-5-6-12(11(16)9-10)21-14(18)19-13(17)20-15(21)7-3-2-4-8-15/h5-6,9H,2-4,7-8H2,1H3,(H4,17,18,19,20). The van der Waals surface area contributed by atoms with Crippen LogP contribution < -0.4 is 21.1 Å². The number of methoxy groups -OCH3 is 1. The maximum atomic E-state index is 6.21. The quantitative estimate of drug-likeness (QED) is 0.842. The van der Waals surface area contributed by atoms with Gasteiger partial charge in [0, 0.05) is 4.47 Å². The molecule has 0 aromatic heterocycles. The first-order chi connectivity index (χ1) is 10.6. The Bertz CT molecular complexity index is 637. The van der Waals surface area contributed by atoms with Crippen molar-refractivity contribution in [3.8, 4) is 5.75 Å². The minimum Gasteiger partial charge on any atom is -0.497 e. The molecule has 2 aliphatic rings. The summed E-state index contributed by atoms with van der Waals surface area (Å²) in [6.45, 7) is 0. The summed E-state index contributed by atoms with van der Waals surface area (Å²) in [7, 11) is 1.64. The number of ether oxygens (including phenoxy) is 1. The third kappa shape index (κ3) is 2.54. The Hall–Kier alpha value is -1.76. The highest BCUT2D eigenvalue weighted by atomic mass is 79.9. The van der Waals surface area contributed by atoms with Gasteiger partial charge in [-0.1, -0.05) is 6.42 Å². The molecule has 1 fully saturated rings. The Morgan fingerprint density at radius 3 is 2.59 bits per heavy atom. The van der Waals surface area contributed by atoms with E-state index in [0.29, 0.717) is 5.96 Å². The molecule has 1 aliphatic heterocycles. The van der Waals surface area contributed by atoms with Gasteiger partial charge < -0.3 is 16.2 Å². The van der Waals surface area contributed by atoms with E-state index in [1.165, 1.54) is 6.42 Å². The number of anilines is 1. The van der Waals surface area contributed by atoms with Crippen LogP contribution in [0.25, 0.3) is 0 Å². The van der Waals surface area contributed by atoms with E-state index in [1.807, 2.05) is 23.1 Å². The maximum absolute atomic E-state index is 6.21. The zero-order valence-electron chi connectivity index (χ0n) is 12.6. The van der Waals surface area contributed by atoms with Crippen LogP contribution in [0.2, 0.25) is 0 Å². The van der Waals surface area contributed by atoms with E-state index < -0.39 is 5.66 Å². The van der Waals surface area contributed by atoms with Crippen LogP contribution in [-0.4, -0.2) is 24.7 Å². The molecular formula is C15H20BrN5O. The molecular weight excluding hydrogens is 346 g/mol. The molecule has 0 saturated heterocycles. The van der Waals surface area contributed by atoms with Gasteiger partial charge in [-0.25, -0.2) is 4.99 Å². The number of aliphatic imine (C=N–C) groups is 2. The summed E-state index contributed by atoms with van der Waals surface area (Å²) in [5.41, 5.74) is 12.6. The van der Waals surface area contributed by atoms with Crippen molar-refractivity contribution < 1.29 is 4.74 Å². The molecule has 7 heteroatoms. The van der Waals surface area contributed by atoms with Gasteiger partial charge in [-0.3, -0.25) is 4.90 Å². The van der Waals surface area contributed by atoms with Crippen molar-refractivity contribution in [3.63, 3.8) is 0 Å². The van der Waals surface area contributed by atoms with Gasteiger partial charge in [0.2, 0.25) is 11.9 Å². The van der Waals surface area contributed by atoms with Crippen LogP contribution in [0, 0.1) is 0 Å². The number of benzene rings is 1. The molecule has 0 atom stereocenters. The average molecular weight is 366 g/mol. The minimum atomic E-state index is -0.425. The predicted octanol–water partition coefficient (Wildman–Crippen LogP) is 2.57. The second kappa shape index (κ2) is 5.79. The summed E-state index contributed by atoms with van der Waals surface area (Å²) >= 11 is 3.60. The molecule has 1 aromatic carbocycles. The summed E-state index contributed by atoms with van der Waals surface area (Å²) in [4.78, 5) is 10.8. The summed E-state index contributed by atoms with van der Waals surface area (Å²) in [6.07, 6.45) is 5.26. The van der Waals surface area contributed by atoms with Gasteiger partial charge in [-0.2, -0.15) is 4.99 Å². The first kappa shape index (κ1) is 15.1. The van der Waals surface area contributed by atoms with Crippen LogP contribution in [0.4, 0.5) is 5.69 Å². The molecule has 4 N–H and O–H groups in total. The SMILES string of the molecule is COc1ccc(N2C(N)=NC(N)=NC23CCCCC3)c(Br)c1. The van der Waals surface area contributed by atoms with Gasteiger partial charge in [0.15, 0.2) is 0 Å². The topological polar surface area (TPSA) is 89.2 Å². The molecule has 0 unspecified atom stereocenters. The summed E-state index contributed by atoms with van der Waals surface area (Å²) in [5.74, 6) is 1.43. The average Bonchev–Trinajstić information content (AvgIpc) is 2.48. The van der Waals surface area contributed by atoms with Gasteiger partial charge in [0.25, 0.3) is 0 Å². The van der Waals surface area contributed by atoms with Crippen molar-refractivity contribution in [2.45, 2.75) is 37.8 Å². The van der Waals surface area contributed by atoms with Gasteiger partial charge in [0.1, 0.15) is 11.4 Å². The minimum absolute atomic E-state index is 0.264. The third-order valence-electron chi connectivity index (χ3n) is 4.25. The first-order valence-corrected chi connectivity index (χ1v) is 8.18. The molecule has 118 valence electrons. The zero-order chi connectivity index (χ0) is 15.7. The van der Waals surface area contributed by atoms with Crippen LogP contribution >= 0.6 is 15.9 Å². The largest absolute Gasteiger partial charge is 0.497 e. The first-order valence-electron chi connectivity index (χ1n) is 7.39. The van der Waals surface area contributed by atoms with Crippen molar-refractivity contribution in [1.82, 2.24) is 0 Å². The summed E-state index contributed by atoms with van der Waals surface area (Å²) < 4.78 is 6.15. The van der Waals surface area contributed by atoms with Crippen LogP contribution in [0.3, 0.4) is 0 Å². The van der Waals surface area contributed by atoms with Gasteiger partial charge in [0.05, 0.1) is 12.8 Å². The fraction of sp³-hybridized carbons (Fsp3) is 0.467. The highest BCUT2D eigenvalue weighted by Crippen LogP contribution is 2.42. The molecule has 0 radical (unpaired) electrons. The molecule has 0 bridgehead atoms. The summed E-state index contributed by atoms with van der Waals surface area (Å²) in [6, 6.07) is 5.80. The highest BCUT2D eigenvalue weighted by Gasteiger charge is 2.43. The van der Waals surface area contributed by atoms with Crippen molar-refractivity contribution in [2.24, 2.45) is 21.5 Å². The van der Waals surface area contributed by atoms with Gasteiger partial charge >= 0.3 is 0 Å². The fourth-order valence-electron chi connectivity index (χ4n) is 3.27. The number of rotatable bonds is 2. The van der Waals surface area contributed by atoms with E-state index in [9.17, 15) is 0 Å². The van der Waals surface area contributed by atoms with E-state index >= 15 is 0 Å². The molecule has 0 amide bonds. The van der Waals surface area contributed by atoms with E-state index in [1.54, 1.807) is 7.11 Å². The van der Waals surface area contributed by atoms with Crippen LogP contribution in [-0.2, 0) is 0 Å². The molecule has 1 saturated carbocycles. The van der Waals surface area contributed by atoms with Crippen molar-refractivity contribution in [3.05, 3.63) is 22.7 Å². The monoisotopic (exact) mass is 365 g/mol.